The average Bonchev–Trinajstić information content (AvgIpc) is 2.87. The molecule has 0 N–H and O–H groups in total. The fourth-order valence-electron chi connectivity index (χ4n) is 2.23. The summed E-state index contributed by atoms with van der Waals surface area (Å²) >= 11 is 0. The van der Waals surface area contributed by atoms with E-state index in [1.54, 1.807) is 7.11 Å². The van der Waals surface area contributed by atoms with E-state index in [1.807, 2.05) is 6.08 Å². The first-order chi connectivity index (χ1) is 6.69. The second kappa shape index (κ2) is 3.37. The van der Waals surface area contributed by atoms with Crippen LogP contribution in [0.4, 0.5) is 0 Å². The van der Waals surface area contributed by atoms with Gasteiger partial charge in [0.05, 0.1) is 19.3 Å². The number of methoxy groups -OCH3 is 2. The molecule has 0 aromatic carbocycles. The first-order valence-corrected chi connectivity index (χ1v) is 4.72. The number of hydrogen-bond acceptors (Lipinski definition) is 4. The summed E-state index contributed by atoms with van der Waals surface area (Å²) in [4.78, 5) is 13.6. The average molecular weight is 197 g/mol. The van der Waals surface area contributed by atoms with Gasteiger partial charge in [0.25, 0.3) is 0 Å². The Morgan fingerprint density at radius 3 is 2.86 bits per heavy atom. The molecule has 4 nitrogen and oxygen atoms in total. The van der Waals surface area contributed by atoms with Crippen LogP contribution in [0.15, 0.2) is 11.6 Å². The van der Waals surface area contributed by atoms with Crippen LogP contribution in [0.5, 0.6) is 0 Å². The van der Waals surface area contributed by atoms with E-state index in [9.17, 15) is 4.79 Å². The number of likely N-dealkylation sites (N-methyl/N-ethyl adjacent to an activating group) is 1. The van der Waals surface area contributed by atoms with Gasteiger partial charge in [0, 0.05) is 18.7 Å². The quantitative estimate of drug-likeness (QED) is 0.468. The lowest BCUT2D eigenvalue weighted by atomic mass is 9.97. The standard InChI is InChI=1S/C10H15NO3/c1-11-7-4-6(10(12)14-3)5-8(13-2)9(7)11/h5,7-9H,4H2,1-3H3. The summed E-state index contributed by atoms with van der Waals surface area (Å²) in [6.45, 7) is 0. The van der Waals surface area contributed by atoms with Gasteiger partial charge in [-0.05, 0) is 19.5 Å². The summed E-state index contributed by atoms with van der Waals surface area (Å²) in [5.74, 6) is -0.231. The number of carbonyl (C=O) groups excluding carboxylic acids is 1. The first kappa shape index (κ1) is 9.68. The van der Waals surface area contributed by atoms with Crippen molar-refractivity contribution in [3.8, 4) is 0 Å². The number of carbonyl (C=O) groups is 1. The Kier molecular flexibility index (Phi) is 2.33. The molecule has 0 saturated carbocycles. The molecule has 0 aromatic heterocycles. The zero-order valence-electron chi connectivity index (χ0n) is 8.69. The highest BCUT2D eigenvalue weighted by atomic mass is 16.5. The van der Waals surface area contributed by atoms with E-state index < -0.39 is 0 Å². The number of fused-ring (bicyclic) bond motifs is 1. The van der Waals surface area contributed by atoms with Gasteiger partial charge in [-0.2, -0.15) is 0 Å². The van der Waals surface area contributed by atoms with Crippen molar-refractivity contribution in [2.45, 2.75) is 24.6 Å². The summed E-state index contributed by atoms with van der Waals surface area (Å²) in [5, 5.41) is 0. The van der Waals surface area contributed by atoms with Gasteiger partial charge in [0.2, 0.25) is 0 Å². The molecular formula is C10H15NO3. The molecule has 2 rings (SSSR count). The zero-order chi connectivity index (χ0) is 10.3. The minimum absolute atomic E-state index is 0.0350. The van der Waals surface area contributed by atoms with E-state index in [0.29, 0.717) is 12.1 Å². The molecule has 1 fully saturated rings. The van der Waals surface area contributed by atoms with Gasteiger partial charge < -0.3 is 9.47 Å². The maximum atomic E-state index is 11.3. The summed E-state index contributed by atoms with van der Waals surface area (Å²) in [6, 6.07) is 0.910. The minimum Gasteiger partial charge on any atom is -0.466 e. The smallest absolute Gasteiger partial charge is 0.333 e. The fourth-order valence-corrected chi connectivity index (χ4v) is 2.23. The Balaban J connectivity index is 2.14. The summed E-state index contributed by atoms with van der Waals surface area (Å²) in [6.07, 6.45) is 2.71. The lowest BCUT2D eigenvalue weighted by molar-refractivity contribution is -0.136. The molecular weight excluding hydrogens is 182 g/mol. The molecule has 0 radical (unpaired) electrons. The number of ether oxygens (including phenoxy) is 2. The summed E-state index contributed by atoms with van der Waals surface area (Å²) in [7, 11) is 5.13. The zero-order valence-corrected chi connectivity index (χ0v) is 8.69. The summed E-state index contributed by atoms with van der Waals surface area (Å²) in [5.41, 5.74) is 0.741. The maximum absolute atomic E-state index is 11.3. The highest BCUT2D eigenvalue weighted by Crippen LogP contribution is 2.39. The van der Waals surface area contributed by atoms with Gasteiger partial charge in [0.15, 0.2) is 0 Å². The predicted octanol–water partition coefficient (Wildman–Crippen LogP) is 0.187. The van der Waals surface area contributed by atoms with Crippen LogP contribution in [0.2, 0.25) is 0 Å². The van der Waals surface area contributed by atoms with Crippen LogP contribution < -0.4 is 0 Å². The highest BCUT2D eigenvalue weighted by Gasteiger charge is 2.52. The Hall–Kier alpha value is -0.870. The van der Waals surface area contributed by atoms with Gasteiger partial charge in [0.1, 0.15) is 0 Å². The van der Waals surface area contributed by atoms with Crippen molar-refractivity contribution in [1.29, 1.82) is 0 Å². The molecule has 0 spiro atoms. The number of rotatable bonds is 2. The third-order valence-electron chi connectivity index (χ3n) is 3.15. The number of nitrogens with zero attached hydrogens (tertiary/aromatic N) is 1. The van der Waals surface area contributed by atoms with Crippen LogP contribution in [0.1, 0.15) is 6.42 Å². The molecule has 1 aliphatic heterocycles. The fraction of sp³-hybridized carbons (Fsp3) is 0.700. The van der Waals surface area contributed by atoms with Crippen molar-refractivity contribution in [1.82, 2.24) is 4.90 Å². The molecule has 0 aromatic rings. The van der Waals surface area contributed by atoms with Crippen molar-refractivity contribution in [2.24, 2.45) is 0 Å². The van der Waals surface area contributed by atoms with E-state index in [4.69, 9.17) is 9.47 Å². The SMILES string of the molecule is COC(=O)C1=CC(OC)C2C(C1)N2C. The van der Waals surface area contributed by atoms with Crippen molar-refractivity contribution >= 4 is 5.97 Å². The lowest BCUT2D eigenvalue weighted by Crippen LogP contribution is -2.25. The molecule has 0 bridgehead atoms. The molecule has 1 heterocycles. The van der Waals surface area contributed by atoms with Crippen LogP contribution in [0, 0.1) is 0 Å². The third kappa shape index (κ3) is 1.35. The predicted molar refractivity (Wildman–Crippen MR) is 50.9 cm³/mol. The number of esters is 1. The summed E-state index contributed by atoms with van der Waals surface area (Å²) < 4.78 is 10.0. The topological polar surface area (TPSA) is 38.5 Å². The van der Waals surface area contributed by atoms with Gasteiger partial charge >= 0.3 is 5.97 Å². The van der Waals surface area contributed by atoms with Crippen LogP contribution in [0.3, 0.4) is 0 Å². The normalized spacial score (nSPS) is 39.8. The molecule has 1 saturated heterocycles. The van der Waals surface area contributed by atoms with Crippen molar-refractivity contribution < 1.29 is 14.3 Å². The third-order valence-corrected chi connectivity index (χ3v) is 3.15. The molecule has 2 aliphatic rings. The second-order valence-corrected chi connectivity index (χ2v) is 3.81. The van der Waals surface area contributed by atoms with Crippen molar-refractivity contribution in [3.05, 3.63) is 11.6 Å². The Morgan fingerprint density at radius 1 is 1.57 bits per heavy atom. The molecule has 4 atom stereocenters. The van der Waals surface area contributed by atoms with Crippen LogP contribution >= 0.6 is 0 Å². The first-order valence-electron chi connectivity index (χ1n) is 4.72. The Morgan fingerprint density at radius 2 is 2.29 bits per heavy atom. The van der Waals surface area contributed by atoms with E-state index in [-0.39, 0.29) is 12.1 Å². The van der Waals surface area contributed by atoms with E-state index in [2.05, 4.69) is 11.9 Å². The molecule has 0 amide bonds. The van der Waals surface area contributed by atoms with Crippen LogP contribution in [0.25, 0.3) is 0 Å². The molecule has 4 heteroatoms. The van der Waals surface area contributed by atoms with E-state index in [0.717, 1.165) is 12.0 Å². The highest BCUT2D eigenvalue weighted by molar-refractivity contribution is 5.89. The lowest BCUT2D eigenvalue weighted by Gasteiger charge is -2.16. The van der Waals surface area contributed by atoms with Gasteiger partial charge in [-0.15, -0.1) is 0 Å². The van der Waals surface area contributed by atoms with Crippen molar-refractivity contribution in [2.75, 3.05) is 21.3 Å². The van der Waals surface area contributed by atoms with Crippen LogP contribution in [-0.4, -0.2) is 50.3 Å². The van der Waals surface area contributed by atoms with Gasteiger partial charge in [-0.3, -0.25) is 4.90 Å². The largest absolute Gasteiger partial charge is 0.466 e. The maximum Gasteiger partial charge on any atom is 0.333 e. The molecule has 14 heavy (non-hydrogen) atoms. The molecule has 1 aliphatic carbocycles. The second-order valence-electron chi connectivity index (χ2n) is 3.81. The monoisotopic (exact) mass is 197 g/mol. The Bertz CT molecular complexity index is 287. The van der Waals surface area contributed by atoms with Gasteiger partial charge in [-0.1, -0.05) is 0 Å². The van der Waals surface area contributed by atoms with Crippen LogP contribution in [-0.2, 0) is 14.3 Å². The van der Waals surface area contributed by atoms with Gasteiger partial charge in [-0.25, -0.2) is 4.79 Å². The van der Waals surface area contributed by atoms with E-state index in [1.165, 1.54) is 7.11 Å². The molecule has 4 unspecified atom stereocenters. The molecule has 78 valence electrons. The number of hydrogen-bond donors (Lipinski definition) is 0. The Labute approximate surface area is 83.5 Å². The minimum atomic E-state index is -0.231. The van der Waals surface area contributed by atoms with Crippen molar-refractivity contribution in [3.63, 3.8) is 0 Å². The van der Waals surface area contributed by atoms with E-state index >= 15 is 0 Å².